The van der Waals surface area contributed by atoms with Gasteiger partial charge in [-0.1, -0.05) is 13.8 Å². The van der Waals surface area contributed by atoms with Crippen molar-refractivity contribution in [1.29, 1.82) is 0 Å². The van der Waals surface area contributed by atoms with Crippen molar-refractivity contribution in [2.45, 2.75) is 44.6 Å². The first-order chi connectivity index (χ1) is 8.10. The van der Waals surface area contributed by atoms with Gasteiger partial charge in [0.05, 0.1) is 25.2 Å². The molecule has 0 radical (unpaired) electrons. The van der Waals surface area contributed by atoms with Gasteiger partial charge in [0.15, 0.2) is 0 Å². The van der Waals surface area contributed by atoms with Crippen LogP contribution in [0.1, 0.15) is 38.9 Å². The van der Waals surface area contributed by atoms with E-state index < -0.39 is 5.41 Å². The third-order valence-corrected chi connectivity index (χ3v) is 3.48. The van der Waals surface area contributed by atoms with Crippen molar-refractivity contribution < 1.29 is 13.9 Å². The molecule has 0 bridgehead atoms. The molecule has 2 N–H and O–H groups in total. The predicted molar refractivity (Wildman–Crippen MR) is 65.6 cm³/mol. The van der Waals surface area contributed by atoms with E-state index in [2.05, 4.69) is 0 Å². The van der Waals surface area contributed by atoms with Crippen LogP contribution in [0.15, 0.2) is 22.8 Å². The van der Waals surface area contributed by atoms with E-state index in [0.717, 1.165) is 18.6 Å². The summed E-state index contributed by atoms with van der Waals surface area (Å²) in [4.78, 5) is 11.6. The zero-order chi connectivity index (χ0) is 12.9. The Kier molecular flexibility index (Phi) is 4.75. The van der Waals surface area contributed by atoms with Crippen molar-refractivity contribution in [1.82, 2.24) is 0 Å². The van der Waals surface area contributed by atoms with E-state index in [4.69, 9.17) is 14.9 Å². The van der Waals surface area contributed by atoms with Crippen LogP contribution in [0.5, 0.6) is 0 Å². The summed E-state index contributed by atoms with van der Waals surface area (Å²) < 4.78 is 10.2. The molecule has 0 amide bonds. The highest BCUT2D eigenvalue weighted by Gasteiger charge is 2.41. The zero-order valence-corrected chi connectivity index (χ0v) is 10.7. The standard InChI is InChI=1S/C13H21NO3/c1-4-10(14)13(5-2,9-12(15)16-3)11-7-6-8-17-11/h6-8,10H,4-5,9,14H2,1-3H3. The third kappa shape index (κ3) is 2.69. The quantitative estimate of drug-likeness (QED) is 0.773. The first kappa shape index (κ1) is 13.8. The Labute approximate surface area is 102 Å². The Morgan fingerprint density at radius 1 is 1.59 bits per heavy atom. The Balaban J connectivity index is 3.09. The Morgan fingerprint density at radius 2 is 2.29 bits per heavy atom. The normalized spacial score (nSPS) is 16.2. The zero-order valence-electron chi connectivity index (χ0n) is 10.7. The van der Waals surface area contributed by atoms with Gasteiger partial charge < -0.3 is 14.9 Å². The van der Waals surface area contributed by atoms with E-state index in [1.165, 1.54) is 7.11 Å². The number of hydrogen-bond donors (Lipinski definition) is 1. The Bertz CT molecular complexity index is 348. The number of esters is 1. The van der Waals surface area contributed by atoms with Gasteiger partial charge in [0.2, 0.25) is 0 Å². The fourth-order valence-corrected chi connectivity index (χ4v) is 2.24. The highest BCUT2D eigenvalue weighted by atomic mass is 16.5. The molecule has 1 aromatic heterocycles. The maximum Gasteiger partial charge on any atom is 0.306 e. The molecule has 17 heavy (non-hydrogen) atoms. The van der Waals surface area contributed by atoms with Crippen LogP contribution in [0.2, 0.25) is 0 Å². The van der Waals surface area contributed by atoms with Crippen LogP contribution >= 0.6 is 0 Å². The molecular formula is C13H21NO3. The summed E-state index contributed by atoms with van der Waals surface area (Å²) in [6, 6.07) is 3.57. The van der Waals surface area contributed by atoms with E-state index in [-0.39, 0.29) is 18.4 Å². The molecule has 0 fully saturated rings. The lowest BCUT2D eigenvalue weighted by Gasteiger charge is -2.35. The van der Waals surface area contributed by atoms with Crippen LogP contribution in [0.3, 0.4) is 0 Å². The molecule has 0 aliphatic rings. The summed E-state index contributed by atoms with van der Waals surface area (Å²) in [5, 5.41) is 0. The van der Waals surface area contributed by atoms with Crippen LogP contribution in [0.4, 0.5) is 0 Å². The second-order valence-electron chi connectivity index (χ2n) is 4.25. The first-order valence-corrected chi connectivity index (χ1v) is 5.97. The van der Waals surface area contributed by atoms with Crippen LogP contribution < -0.4 is 5.73 Å². The summed E-state index contributed by atoms with van der Waals surface area (Å²) >= 11 is 0. The van der Waals surface area contributed by atoms with Crippen molar-refractivity contribution in [3.05, 3.63) is 24.2 Å². The van der Waals surface area contributed by atoms with E-state index in [1.54, 1.807) is 6.26 Å². The fourth-order valence-electron chi connectivity index (χ4n) is 2.24. The minimum absolute atomic E-state index is 0.127. The molecular weight excluding hydrogens is 218 g/mol. The summed E-state index contributed by atoms with van der Waals surface area (Å²) in [6.07, 6.45) is 3.39. The molecule has 1 rings (SSSR count). The van der Waals surface area contributed by atoms with Crippen molar-refractivity contribution in [3.63, 3.8) is 0 Å². The van der Waals surface area contributed by atoms with Crippen molar-refractivity contribution in [3.8, 4) is 0 Å². The van der Waals surface area contributed by atoms with E-state index in [9.17, 15) is 4.79 Å². The molecule has 96 valence electrons. The minimum Gasteiger partial charge on any atom is -0.469 e. The number of methoxy groups -OCH3 is 1. The molecule has 1 heterocycles. The lowest BCUT2D eigenvalue weighted by atomic mass is 9.72. The number of furan rings is 1. The van der Waals surface area contributed by atoms with Crippen LogP contribution in [0, 0.1) is 0 Å². The monoisotopic (exact) mass is 239 g/mol. The molecule has 2 unspecified atom stereocenters. The maximum absolute atomic E-state index is 11.6. The molecule has 0 aliphatic heterocycles. The molecule has 0 aromatic carbocycles. The van der Waals surface area contributed by atoms with Crippen molar-refractivity contribution in [2.75, 3.05) is 7.11 Å². The first-order valence-electron chi connectivity index (χ1n) is 5.97. The van der Waals surface area contributed by atoms with E-state index in [1.807, 2.05) is 26.0 Å². The highest BCUT2D eigenvalue weighted by molar-refractivity contribution is 5.71. The molecule has 4 heteroatoms. The van der Waals surface area contributed by atoms with Gasteiger partial charge in [0.25, 0.3) is 0 Å². The highest BCUT2D eigenvalue weighted by Crippen LogP contribution is 2.36. The van der Waals surface area contributed by atoms with Gasteiger partial charge in [0.1, 0.15) is 5.76 Å². The average molecular weight is 239 g/mol. The Hall–Kier alpha value is -1.29. The van der Waals surface area contributed by atoms with Gasteiger partial charge in [-0.25, -0.2) is 0 Å². The van der Waals surface area contributed by atoms with Crippen molar-refractivity contribution in [2.24, 2.45) is 5.73 Å². The summed E-state index contributed by atoms with van der Waals surface area (Å²) in [5.74, 6) is 0.506. The predicted octanol–water partition coefficient (Wildman–Crippen LogP) is 2.23. The SMILES string of the molecule is CCC(N)C(CC)(CC(=O)OC)c1ccco1. The molecule has 4 nitrogen and oxygen atoms in total. The molecule has 1 aromatic rings. The molecule has 0 saturated heterocycles. The maximum atomic E-state index is 11.6. The summed E-state index contributed by atoms with van der Waals surface area (Å²) in [5.41, 5.74) is 5.72. The van der Waals surface area contributed by atoms with Gasteiger partial charge in [-0.3, -0.25) is 4.79 Å². The molecule has 2 atom stereocenters. The number of carbonyl (C=O) groups excluding carboxylic acids is 1. The van der Waals surface area contributed by atoms with Gasteiger partial charge in [-0.2, -0.15) is 0 Å². The van der Waals surface area contributed by atoms with Gasteiger partial charge in [-0.05, 0) is 25.0 Å². The van der Waals surface area contributed by atoms with E-state index in [0.29, 0.717) is 0 Å². The second-order valence-corrected chi connectivity index (χ2v) is 4.25. The van der Waals surface area contributed by atoms with Gasteiger partial charge in [0, 0.05) is 6.04 Å². The lowest BCUT2D eigenvalue weighted by Crippen LogP contribution is -2.46. The number of carbonyl (C=O) groups is 1. The van der Waals surface area contributed by atoms with Gasteiger partial charge >= 0.3 is 5.97 Å². The fraction of sp³-hybridized carbons (Fsp3) is 0.615. The molecule has 0 spiro atoms. The van der Waals surface area contributed by atoms with Crippen LogP contribution in [0.25, 0.3) is 0 Å². The smallest absolute Gasteiger partial charge is 0.306 e. The summed E-state index contributed by atoms with van der Waals surface area (Å²) in [7, 11) is 1.39. The Morgan fingerprint density at radius 3 is 2.71 bits per heavy atom. The largest absolute Gasteiger partial charge is 0.469 e. The average Bonchev–Trinajstić information content (AvgIpc) is 2.88. The minimum atomic E-state index is -0.467. The molecule has 0 aliphatic carbocycles. The second kappa shape index (κ2) is 5.87. The lowest BCUT2D eigenvalue weighted by molar-refractivity contribution is -0.142. The summed E-state index contributed by atoms with van der Waals surface area (Å²) in [6.45, 7) is 4.02. The number of rotatable bonds is 6. The van der Waals surface area contributed by atoms with Gasteiger partial charge in [-0.15, -0.1) is 0 Å². The van der Waals surface area contributed by atoms with Crippen molar-refractivity contribution >= 4 is 5.97 Å². The van der Waals surface area contributed by atoms with E-state index >= 15 is 0 Å². The number of hydrogen-bond acceptors (Lipinski definition) is 4. The van der Waals surface area contributed by atoms with Crippen LogP contribution in [-0.4, -0.2) is 19.1 Å². The third-order valence-electron chi connectivity index (χ3n) is 3.48. The molecule has 0 saturated carbocycles. The van der Waals surface area contributed by atoms with Crippen LogP contribution in [-0.2, 0) is 14.9 Å². The number of nitrogens with two attached hydrogens (primary N) is 1. The topological polar surface area (TPSA) is 65.5 Å². The number of ether oxygens (including phenoxy) is 1.